The van der Waals surface area contributed by atoms with Gasteiger partial charge in [-0.15, -0.1) is 0 Å². The van der Waals surface area contributed by atoms with Crippen molar-refractivity contribution in [2.45, 2.75) is 39.4 Å². The molecule has 2 heteroatoms. The van der Waals surface area contributed by atoms with Gasteiger partial charge in [0.25, 0.3) is 0 Å². The van der Waals surface area contributed by atoms with Crippen molar-refractivity contribution in [2.75, 3.05) is 0 Å². The Bertz CT molecular complexity index is 844. The van der Waals surface area contributed by atoms with Gasteiger partial charge in [0.1, 0.15) is 0 Å². The van der Waals surface area contributed by atoms with Crippen LogP contribution in [0.5, 0.6) is 0 Å². The number of rotatable bonds is 3. The summed E-state index contributed by atoms with van der Waals surface area (Å²) in [5.41, 5.74) is 3.56. The quantitative estimate of drug-likeness (QED) is 0.575. The molecule has 2 aromatic carbocycles. The van der Waals surface area contributed by atoms with E-state index in [2.05, 4.69) is 88.1 Å². The Labute approximate surface area is 140 Å². The molecule has 23 heavy (non-hydrogen) atoms. The Morgan fingerprint density at radius 3 is 2.17 bits per heavy atom. The average molecular weight is 320 g/mol. The maximum atomic E-state index is 5.05. The van der Waals surface area contributed by atoms with Gasteiger partial charge >= 0.3 is 0 Å². The third-order valence-electron chi connectivity index (χ3n) is 4.32. The molecule has 3 aromatic rings. The molecule has 0 radical (unpaired) electrons. The zero-order valence-electron chi connectivity index (χ0n) is 14.7. The van der Waals surface area contributed by atoms with Crippen LogP contribution in [-0.4, -0.2) is 13.1 Å². The molecule has 0 aliphatic carbocycles. The topological polar surface area (TPSA) is 12.9 Å². The number of pyridine rings is 1. The molecule has 0 aliphatic heterocycles. The first kappa shape index (κ1) is 15.9. The van der Waals surface area contributed by atoms with E-state index in [0.29, 0.717) is 5.92 Å². The van der Waals surface area contributed by atoms with Gasteiger partial charge in [-0.2, -0.15) is 0 Å². The lowest BCUT2D eigenvalue weighted by molar-refractivity contribution is 0.831. The Morgan fingerprint density at radius 2 is 1.52 bits per heavy atom. The molecule has 0 aliphatic rings. The van der Waals surface area contributed by atoms with Crippen LogP contribution >= 0.6 is 0 Å². The number of hydrogen-bond acceptors (Lipinski definition) is 1. The highest BCUT2D eigenvalue weighted by Crippen LogP contribution is 2.25. The van der Waals surface area contributed by atoms with Crippen molar-refractivity contribution >= 4 is 24.0 Å². The van der Waals surface area contributed by atoms with Crippen LogP contribution in [0.1, 0.15) is 25.5 Å². The Morgan fingerprint density at radius 1 is 0.826 bits per heavy atom. The molecule has 1 heterocycles. The number of aromatic nitrogens is 1. The average Bonchev–Trinajstić information content (AvgIpc) is 2.53. The third kappa shape index (κ3) is 3.23. The van der Waals surface area contributed by atoms with Crippen LogP contribution in [0.15, 0.2) is 54.6 Å². The molecule has 0 saturated carbocycles. The van der Waals surface area contributed by atoms with Crippen LogP contribution in [0.25, 0.3) is 22.0 Å². The van der Waals surface area contributed by atoms with Gasteiger partial charge in [-0.05, 0) is 34.0 Å². The molecule has 118 valence electrons. The minimum atomic E-state index is -1.37. The van der Waals surface area contributed by atoms with Crippen LogP contribution in [-0.2, 0) is 0 Å². The molecule has 0 bridgehead atoms. The second kappa shape index (κ2) is 5.93. The van der Waals surface area contributed by atoms with E-state index in [4.69, 9.17) is 4.98 Å². The summed E-state index contributed by atoms with van der Waals surface area (Å²) in [6, 6.07) is 19.6. The fourth-order valence-electron chi connectivity index (χ4n) is 3.06. The second-order valence-corrected chi connectivity index (χ2v) is 12.6. The predicted molar refractivity (Wildman–Crippen MR) is 104 cm³/mol. The van der Waals surface area contributed by atoms with E-state index in [9.17, 15) is 0 Å². The standard InChI is InChI=1S/C21H25NSi/c1-15(2)21-20(23(3,4)5)13-12-19(22-21)18-11-10-16-8-6-7-9-17(16)14-18/h6-15H,1-5H3. The lowest BCUT2D eigenvalue weighted by Gasteiger charge is -2.23. The highest BCUT2D eigenvalue weighted by Gasteiger charge is 2.23. The minimum absolute atomic E-state index is 0.456. The van der Waals surface area contributed by atoms with Crippen LogP contribution in [0.2, 0.25) is 19.6 Å². The highest BCUT2D eigenvalue weighted by molar-refractivity contribution is 6.89. The normalized spacial score (nSPS) is 12.1. The summed E-state index contributed by atoms with van der Waals surface area (Å²) in [4.78, 5) is 5.05. The number of fused-ring (bicyclic) bond motifs is 1. The molecule has 1 nitrogen and oxygen atoms in total. The van der Waals surface area contributed by atoms with Crippen LogP contribution in [0, 0.1) is 0 Å². The third-order valence-corrected chi connectivity index (χ3v) is 6.36. The SMILES string of the molecule is CC(C)c1nc(-c2ccc3ccccc3c2)ccc1[Si](C)(C)C. The summed E-state index contributed by atoms with van der Waals surface area (Å²) >= 11 is 0. The maximum Gasteiger partial charge on any atom is 0.0800 e. The first-order valence-electron chi connectivity index (χ1n) is 8.37. The fraction of sp³-hybridized carbons (Fsp3) is 0.286. The molecule has 0 unspecified atom stereocenters. The fourth-order valence-corrected chi connectivity index (χ4v) is 4.75. The van der Waals surface area contributed by atoms with Gasteiger partial charge in [0, 0.05) is 11.3 Å². The summed E-state index contributed by atoms with van der Waals surface area (Å²) in [5.74, 6) is 0.456. The predicted octanol–water partition coefficient (Wildman–Crippen LogP) is 5.57. The summed E-state index contributed by atoms with van der Waals surface area (Å²) in [5, 5.41) is 4.03. The largest absolute Gasteiger partial charge is 0.253 e. The van der Waals surface area contributed by atoms with Crippen molar-refractivity contribution in [1.29, 1.82) is 0 Å². The first-order chi connectivity index (χ1) is 10.9. The molecule has 0 spiro atoms. The molecule has 0 fully saturated rings. The second-order valence-electron chi connectivity index (χ2n) is 7.60. The van der Waals surface area contributed by atoms with Gasteiger partial charge in [-0.3, -0.25) is 4.98 Å². The lowest BCUT2D eigenvalue weighted by atomic mass is 10.0. The molecule has 0 N–H and O–H groups in total. The molecule has 0 amide bonds. The zero-order chi connectivity index (χ0) is 16.6. The van der Waals surface area contributed by atoms with E-state index in [1.54, 1.807) is 0 Å². The van der Waals surface area contributed by atoms with Crippen LogP contribution in [0.4, 0.5) is 0 Å². The van der Waals surface area contributed by atoms with Gasteiger partial charge in [0.15, 0.2) is 0 Å². The van der Waals surface area contributed by atoms with Crippen molar-refractivity contribution in [1.82, 2.24) is 4.98 Å². The molecule has 0 saturated heterocycles. The van der Waals surface area contributed by atoms with E-state index in [1.807, 2.05) is 0 Å². The van der Waals surface area contributed by atoms with Crippen molar-refractivity contribution in [2.24, 2.45) is 0 Å². The maximum absolute atomic E-state index is 5.05. The van der Waals surface area contributed by atoms with Gasteiger partial charge in [-0.25, -0.2) is 0 Å². The van der Waals surface area contributed by atoms with E-state index < -0.39 is 8.07 Å². The Kier molecular flexibility index (Phi) is 4.11. The van der Waals surface area contributed by atoms with E-state index in [-0.39, 0.29) is 0 Å². The lowest BCUT2D eigenvalue weighted by Crippen LogP contribution is -2.41. The number of benzene rings is 2. The van der Waals surface area contributed by atoms with Gasteiger partial charge in [-0.1, -0.05) is 76.0 Å². The van der Waals surface area contributed by atoms with E-state index in [1.165, 1.54) is 27.2 Å². The van der Waals surface area contributed by atoms with Gasteiger partial charge in [0.05, 0.1) is 13.8 Å². The van der Waals surface area contributed by atoms with Crippen molar-refractivity contribution in [3.63, 3.8) is 0 Å². The monoisotopic (exact) mass is 319 g/mol. The zero-order valence-corrected chi connectivity index (χ0v) is 15.7. The van der Waals surface area contributed by atoms with Crippen molar-refractivity contribution in [3.05, 3.63) is 60.3 Å². The molecular formula is C21H25NSi. The van der Waals surface area contributed by atoms with E-state index >= 15 is 0 Å². The molecular weight excluding hydrogens is 294 g/mol. The van der Waals surface area contributed by atoms with Crippen LogP contribution < -0.4 is 5.19 Å². The number of nitrogens with zero attached hydrogens (tertiary/aromatic N) is 1. The van der Waals surface area contributed by atoms with Gasteiger partial charge in [0.2, 0.25) is 0 Å². The number of hydrogen-bond donors (Lipinski definition) is 0. The van der Waals surface area contributed by atoms with Gasteiger partial charge < -0.3 is 0 Å². The molecule has 1 aromatic heterocycles. The summed E-state index contributed by atoms with van der Waals surface area (Å²) in [6.45, 7) is 11.7. The van der Waals surface area contributed by atoms with Crippen LogP contribution in [0.3, 0.4) is 0 Å². The highest BCUT2D eigenvalue weighted by atomic mass is 28.3. The summed E-state index contributed by atoms with van der Waals surface area (Å²) in [7, 11) is -1.37. The smallest absolute Gasteiger partial charge is 0.0800 e. The van der Waals surface area contributed by atoms with E-state index in [0.717, 1.165) is 5.69 Å². The first-order valence-corrected chi connectivity index (χ1v) is 11.9. The Hall–Kier alpha value is -1.93. The molecule has 0 atom stereocenters. The Balaban J connectivity index is 2.13. The van der Waals surface area contributed by atoms with Crippen molar-refractivity contribution < 1.29 is 0 Å². The summed E-state index contributed by atoms with van der Waals surface area (Å²) in [6.07, 6.45) is 0. The molecule has 3 rings (SSSR count). The van der Waals surface area contributed by atoms with Crippen molar-refractivity contribution in [3.8, 4) is 11.3 Å². The summed E-state index contributed by atoms with van der Waals surface area (Å²) < 4.78 is 0. The minimum Gasteiger partial charge on any atom is -0.253 e.